The number of aromatic nitrogens is 3. The number of pyridine rings is 1. The minimum atomic E-state index is -0.207. The molecule has 7 heteroatoms. The molecule has 17 heavy (non-hydrogen) atoms. The monoisotopic (exact) mass is 312 g/mol. The molecule has 88 valence electrons. The van der Waals surface area contributed by atoms with E-state index in [1.807, 2.05) is 13.0 Å². The molecule has 2 aromatic heterocycles. The van der Waals surface area contributed by atoms with Crippen molar-refractivity contribution in [1.29, 1.82) is 0 Å². The van der Waals surface area contributed by atoms with Gasteiger partial charge in [-0.1, -0.05) is 4.49 Å². The van der Waals surface area contributed by atoms with Gasteiger partial charge in [0.1, 0.15) is 9.48 Å². The van der Waals surface area contributed by atoms with Crippen molar-refractivity contribution in [2.24, 2.45) is 0 Å². The summed E-state index contributed by atoms with van der Waals surface area (Å²) in [4.78, 5) is 16.5. The lowest BCUT2D eigenvalue weighted by Gasteiger charge is -2.05. The van der Waals surface area contributed by atoms with E-state index in [4.69, 9.17) is 0 Å². The summed E-state index contributed by atoms with van der Waals surface area (Å²) in [5.74, 6) is -0.207. The first-order chi connectivity index (χ1) is 8.08. The maximum atomic E-state index is 11.9. The number of carbonyl (C=O) groups is 1. The predicted molar refractivity (Wildman–Crippen MR) is 69.3 cm³/mol. The molecular weight excluding hydrogens is 304 g/mol. The summed E-state index contributed by atoms with van der Waals surface area (Å²) < 4.78 is 4.49. The minimum Gasteiger partial charge on any atom is -0.320 e. The summed E-state index contributed by atoms with van der Waals surface area (Å²) >= 11 is 4.39. The van der Waals surface area contributed by atoms with Gasteiger partial charge in [-0.2, -0.15) is 0 Å². The van der Waals surface area contributed by atoms with Gasteiger partial charge in [0.05, 0.1) is 17.6 Å². The van der Waals surface area contributed by atoms with Gasteiger partial charge in [-0.25, -0.2) is 4.98 Å². The van der Waals surface area contributed by atoms with Crippen molar-refractivity contribution in [2.75, 3.05) is 5.32 Å². The fourth-order valence-corrected chi connectivity index (χ4v) is 2.02. The van der Waals surface area contributed by atoms with E-state index in [1.54, 1.807) is 13.1 Å². The quantitative estimate of drug-likeness (QED) is 0.865. The number of nitrogens with zero attached hydrogens (tertiary/aromatic N) is 3. The highest BCUT2D eigenvalue weighted by Gasteiger charge is 2.13. The molecule has 0 radical (unpaired) electrons. The first-order valence-corrected chi connectivity index (χ1v) is 6.37. The van der Waals surface area contributed by atoms with Gasteiger partial charge in [0.2, 0.25) is 0 Å². The summed E-state index contributed by atoms with van der Waals surface area (Å²) in [6.45, 7) is 3.66. The van der Waals surface area contributed by atoms with Crippen molar-refractivity contribution in [1.82, 2.24) is 14.6 Å². The minimum absolute atomic E-state index is 0.207. The van der Waals surface area contributed by atoms with Gasteiger partial charge in [0.15, 0.2) is 0 Å². The Hall–Kier alpha value is -1.34. The van der Waals surface area contributed by atoms with Crippen molar-refractivity contribution in [2.45, 2.75) is 13.8 Å². The highest BCUT2D eigenvalue weighted by Crippen LogP contribution is 2.18. The fourth-order valence-electron chi connectivity index (χ4n) is 1.25. The molecule has 0 fully saturated rings. The molecule has 0 aliphatic carbocycles. The number of hydrogen-bond donors (Lipinski definition) is 1. The van der Waals surface area contributed by atoms with E-state index in [-0.39, 0.29) is 5.91 Å². The molecule has 0 aliphatic rings. The van der Waals surface area contributed by atoms with Crippen molar-refractivity contribution in [3.05, 3.63) is 33.0 Å². The third-order valence-electron chi connectivity index (χ3n) is 2.13. The van der Waals surface area contributed by atoms with E-state index >= 15 is 0 Å². The van der Waals surface area contributed by atoms with Crippen LogP contribution in [0.2, 0.25) is 0 Å². The molecule has 0 saturated carbocycles. The number of carbonyl (C=O) groups excluding carboxylic acids is 1. The number of amides is 1. The van der Waals surface area contributed by atoms with E-state index in [2.05, 4.69) is 35.8 Å². The molecule has 5 nitrogen and oxygen atoms in total. The highest BCUT2D eigenvalue weighted by molar-refractivity contribution is 9.10. The lowest BCUT2D eigenvalue weighted by Crippen LogP contribution is -2.11. The van der Waals surface area contributed by atoms with Crippen LogP contribution in [0.3, 0.4) is 0 Å². The zero-order chi connectivity index (χ0) is 12.4. The number of hydrogen-bond acceptors (Lipinski definition) is 5. The van der Waals surface area contributed by atoms with Crippen LogP contribution in [0.5, 0.6) is 0 Å². The molecule has 0 atom stereocenters. The molecule has 2 aromatic rings. The first kappa shape index (κ1) is 12.1. The molecule has 0 bridgehead atoms. The van der Waals surface area contributed by atoms with Crippen LogP contribution >= 0.6 is 27.5 Å². The molecular formula is C10H9BrN4OS. The van der Waals surface area contributed by atoms with Gasteiger partial charge in [0, 0.05) is 0 Å². The van der Waals surface area contributed by atoms with E-state index in [0.29, 0.717) is 16.3 Å². The Bertz CT molecular complexity index is 569. The maximum absolute atomic E-state index is 11.9. The predicted octanol–water partition coefficient (Wildman–Crippen LogP) is 2.56. The van der Waals surface area contributed by atoms with E-state index in [9.17, 15) is 4.79 Å². The van der Waals surface area contributed by atoms with Gasteiger partial charge in [0.25, 0.3) is 5.91 Å². The zero-order valence-corrected chi connectivity index (χ0v) is 11.6. The van der Waals surface area contributed by atoms with Crippen LogP contribution in [-0.4, -0.2) is 20.5 Å². The summed E-state index contributed by atoms with van der Waals surface area (Å²) in [5, 5.41) is 6.56. The van der Waals surface area contributed by atoms with Crippen LogP contribution < -0.4 is 5.32 Å². The molecule has 0 saturated heterocycles. The van der Waals surface area contributed by atoms with Crippen LogP contribution in [0.25, 0.3) is 0 Å². The second-order valence-electron chi connectivity index (χ2n) is 3.47. The first-order valence-electron chi connectivity index (χ1n) is 4.80. The highest BCUT2D eigenvalue weighted by atomic mass is 79.9. The number of nitrogens with one attached hydrogen (secondary N) is 1. The zero-order valence-electron chi connectivity index (χ0n) is 9.19. The van der Waals surface area contributed by atoms with Gasteiger partial charge >= 0.3 is 0 Å². The topological polar surface area (TPSA) is 67.8 Å². The van der Waals surface area contributed by atoms with Crippen molar-refractivity contribution >= 4 is 39.1 Å². The van der Waals surface area contributed by atoms with Crippen molar-refractivity contribution in [3.63, 3.8) is 0 Å². The van der Waals surface area contributed by atoms with Crippen molar-refractivity contribution in [3.8, 4) is 0 Å². The normalized spacial score (nSPS) is 10.3. The van der Waals surface area contributed by atoms with Crippen molar-refractivity contribution < 1.29 is 4.79 Å². The van der Waals surface area contributed by atoms with Gasteiger partial charge in [-0.15, -0.1) is 5.10 Å². The average molecular weight is 313 g/mol. The lowest BCUT2D eigenvalue weighted by molar-refractivity contribution is 0.103. The summed E-state index contributed by atoms with van der Waals surface area (Å²) in [6.07, 6.45) is 1.60. The molecule has 2 heterocycles. The second kappa shape index (κ2) is 4.89. The molecule has 0 spiro atoms. The van der Waals surface area contributed by atoms with E-state index < -0.39 is 0 Å². The van der Waals surface area contributed by atoms with Crippen LogP contribution in [0.1, 0.15) is 20.9 Å². The fraction of sp³-hybridized carbons (Fsp3) is 0.200. The molecule has 1 amide bonds. The SMILES string of the molecule is Cc1cc(NC(=O)c2snnc2C)cnc1Br. The average Bonchev–Trinajstić information content (AvgIpc) is 2.70. The Morgan fingerprint density at radius 2 is 2.24 bits per heavy atom. The third kappa shape index (κ3) is 2.67. The Kier molecular flexibility index (Phi) is 3.49. The van der Waals surface area contributed by atoms with Gasteiger partial charge in [-0.3, -0.25) is 4.79 Å². The van der Waals surface area contributed by atoms with Crippen LogP contribution in [0.15, 0.2) is 16.9 Å². The Balaban J connectivity index is 2.19. The number of halogens is 1. The number of anilines is 1. The number of aryl methyl sites for hydroxylation is 2. The Morgan fingerprint density at radius 3 is 2.82 bits per heavy atom. The van der Waals surface area contributed by atoms with Gasteiger partial charge < -0.3 is 5.32 Å². The second-order valence-corrected chi connectivity index (χ2v) is 4.98. The van der Waals surface area contributed by atoms with Crippen LogP contribution in [-0.2, 0) is 0 Å². The van der Waals surface area contributed by atoms with E-state index in [1.165, 1.54) is 0 Å². The van der Waals surface area contributed by atoms with Gasteiger partial charge in [-0.05, 0) is 52.9 Å². The smallest absolute Gasteiger partial charge is 0.269 e. The molecule has 0 aromatic carbocycles. The summed E-state index contributed by atoms with van der Waals surface area (Å²) in [6, 6.07) is 1.85. The lowest BCUT2D eigenvalue weighted by atomic mass is 10.3. The Labute approximate surface area is 111 Å². The van der Waals surface area contributed by atoms with Crippen LogP contribution in [0.4, 0.5) is 5.69 Å². The largest absolute Gasteiger partial charge is 0.320 e. The number of rotatable bonds is 2. The molecule has 2 rings (SSSR count). The Morgan fingerprint density at radius 1 is 1.47 bits per heavy atom. The van der Waals surface area contributed by atoms with E-state index in [0.717, 1.165) is 21.7 Å². The maximum Gasteiger partial charge on any atom is 0.269 e. The summed E-state index contributed by atoms with van der Waals surface area (Å²) in [5.41, 5.74) is 2.25. The molecule has 0 aliphatic heterocycles. The molecule has 1 N–H and O–H groups in total. The third-order valence-corrected chi connectivity index (χ3v) is 3.79. The molecule has 0 unspecified atom stereocenters. The van der Waals surface area contributed by atoms with Crippen LogP contribution in [0, 0.1) is 13.8 Å². The standard InChI is InChI=1S/C10H9BrN4OS/c1-5-3-7(4-12-9(5)11)13-10(16)8-6(2)14-15-17-8/h3-4H,1-2H3,(H,13,16). The summed E-state index contributed by atoms with van der Waals surface area (Å²) in [7, 11) is 0.